The zero-order valence-corrected chi connectivity index (χ0v) is 16.1. The van der Waals surface area contributed by atoms with Crippen LogP contribution in [0.15, 0.2) is 53.2 Å². The maximum absolute atomic E-state index is 4.52. The summed E-state index contributed by atoms with van der Waals surface area (Å²) in [7, 11) is 1.79. The molecule has 3 aromatic rings. The van der Waals surface area contributed by atoms with Crippen LogP contribution in [0.1, 0.15) is 29.1 Å². The molecule has 0 saturated heterocycles. The van der Waals surface area contributed by atoms with E-state index in [1.54, 1.807) is 24.6 Å². The number of pyridine rings is 1. The normalized spacial score (nSPS) is 12.8. The first-order valence-electron chi connectivity index (χ1n) is 8.60. The Balaban J connectivity index is 1.51. The van der Waals surface area contributed by atoms with E-state index >= 15 is 0 Å². The van der Waals surface area contributed by atoms with Gasteiger partial charge in [-0.05, 0) is 30.0 Å². The SMILES string of the molecule is CN=C(NCc1ccc(-n2ccnc2C)nc1)NCC(C)c1cccs1. The molecule has 0 aliphatic rings. The highest BCUT2D eigenvalue weighted by Gasteiger charge is 2.08. The van der Waals surface area contributed by atoms with E-state index in [4.69, 9.17) is 0 Å². The van der Waals surface area contributed by atoms with E-state index in [1.807, 2.05) is 30.0 Å². The molecule has 3 rings (SSSR count). The predicted molar refractivity (Wildman–Crippen MR) is 107 cm³/mol. The molecule has 2 N–H and O–H groups in total. The summed E-state index contributed by atoms with van der Waals surface area (Å²) >= 11 is 1.79. The second-order valence-electron chi connectivity index (χ2n) is 6.09. The number of aromatic nitrogens is 3. The van der Waals surface area contributed by atoms with E-state index in [9.17, 15) is 0 Å². The fourth-order valence-corrected chi connectivity index (χ4v) is 3.40. The molecular formula is C19H24N6S. The smallest absolute Gasteiger partial charge is 0.191 e. The molecule has 3 heterocycles. The number of thiophene rings is 1. The molecule has 1 atom stereocenters. The molecule has 26 heavy (non-hydrogen) atoms. The van der Waals surface area contributed by atoms with Crippen molar-refractivity contribution < 1.29 is 0 Å². The number of imidazole rings is 1. The summed E-state index contributed by atoms with van der Waals surface area (Å²) in [4.78, 5) is 14.4. The lowest BCUT2D eigenvalue weighted by Gasteiger charge is -2.15. The standard InChI is InChI=1S/C19H24N6S/c1-14(17-5-4-10-26-17)11-23-19(20-3)24-13-16-6-7-18(22-12-16)25-9-8-21-15(25)2/h4-10,12,14H,11,13H2,1-3H3,(H2,20,23,24). The van der Waals surface area contributed by atoms with Crippen LogP contribution >= 0.6 is 11.3 Å². The first-order chi connectivity index (χ1) is 12.7. The van der Waals surface area contributed by atoms with Gasteiger partial charge in [-0.25, -0.2) is 9.97 Å². The molecule has 3 aromatic heterocycles. The second kappa shape index (κ2) is 8.62. The van der Waals surface area contributed by atoms with Crippen molar-refractivity contribution in [1.29, 1.82) is 0 Å². The van der Waals surface area contributed by atoms with Crippen LogP contribution in [-0.4, -0.2) is 34.1 Å². The van der Waals surface area contributed by atoms with Gasteiger partial charge in [-0.15, -0.1) is 11.3 Å². The molecule has 0 aliphatic heterocycles. The Labute approximate surface area is 158 Å². The van der Waals surface area contributed by atoms with Crippen molar-refractivity contribution in [3.05, 3.63) is 64.5 Å². The molecule has 0 fully saturated rings. The molecule has 0 saturated carbocycles. The summed E-state index contributed by atoms with van der Waals surface area (Å²) in [6.07, 6.45) is 5.57. The maximum atomic E-state index is 4.52. The number of nitrogens with one attached hydrogen (secondary N) is 2. The minimum absolute atomic E-state index is 0.452. The summed E-state index contributed by atoms with van der Waals surface area (Å²) in [6, 6.07) is 8.32. The number of guanidine groups is 1. The lowest BCUT2D eigenvalue weighted by atomic mass is 10.1. The highest BCUT2D eigenvalue weighted by molar-refractivity contribution is 7.10. The Morgan fingerprint density at radius 1 is 1.27 bits per heavy atom. The Hall–Kier alpha value is -2.67. The van der Waals surface area contributed by atoms with E-state index in [2.05, 4.69) is 56.1 Å². The lowest BCUT2D eigenvalue weighted by Crippen LogP contribution is -2.38. The third-order valence-electron chi connectivity index (χ3n) is 4.17. The van der Waals surface area contributed by atoms with Gasteiger partial charge in [0.25, 0.3) is 0 Å². The van der Waals surface area contributed by atoms with Crippen molar-refractivity contribution in [3.63, 3.8) is 0 Å². The van der Waals surface area contributed by atoms with Gasteiger partial charge < -0.3 is 10.6 Å². The Bertz CT molecular complexity index is 835. The highest BCUT2D eigenvalue weighted by Crippen LogP contribution is 2.19. The monoisotopic (exact) mass is 368 g/mol. The summed E-state index contributed by atoms with van der Waals surface area (Å²) < 4.78 is 1.96. The molecule has 0 radical (unpaired) electrons. The van der Waals surface area contributed by atoms with Crippen molar-refractivity contribution in [2.75, 3.05) is 13.6 Å². The van der Waals surface area contributed by atoms with Gasteiger partial charge in [0.15, 0.2) is 5.96 Å². The first-order valence-corrected chi connectivity index (χ1v) is 9.48. The van der Waals surface area contributed by atoms with Gasteiger partial charge in [0.05, 0.1) is 0 Å². The zero-order chi connectivity index (χ0) is 18.4. The highest BCUT2D eigenvalue weighted by atomic mass is 32.1. The third kappa shape index (κ3) is 4.49. The molecule has 0 spiro atoms. The summed E-state index contributed by atoms with van der Waals surface area (Å²) in [6.45, 7) is 5.69. The van der Waals surface area contributed by atoms with Crippen LogP contribution in [0.25, 0.3) is 5.82 Å². The molecule has 0 aliphatic carbocycles. The van der Waals surface area contributed by atoms with Crippen molar-refractivity contribution >= 4 is 17.3 Å². The lowest BCUT2D eigenvalue weighted by molar-refractivity contribution is 0.708. The fraction of sp³-hybridized carbons (Fsp3) is 0.316. The maximum Gasteiger partial charge on any atom is 0.191 e. The Morgan fingerprint density at radius 3 is 2.77 bits per heavy atom. The largest absolute Gasteiger partial charge is 0.356 e. The van der Waals surface area contributed by atoms with E-state index in [-0.39, 0.29) is 0 Å². The summed E-state index contributed by atoms with van der Waals surface area (Å²) in [5.74, 6) is 3.04. The third-order valence-corrected chi connectivity index (χ3v) is 5.27. The van der Waals surface area contributed by atoms with E-state index < -0.39 is 0 Å². The van der Waals surface area contributed by atoms with Gasteiger partial charge in [-0.2, -0.15) is 0 Å². The molecule has 7 heteroatoms. The van der Waals surface area contributed by atoms with Crippen LogP contribution in [0.2, 0.25) is 0 Å². The van der Waals surface area contributed by atoms with Crippen molar-refractivity contribution in [2.45, 2.75) is 26.3 Å². The molecule has 1 unspecified atom stereocenters. The molecule has 0 aromatic carbocycles. The number of rotatable bonds is 6. The van der Waals surface area contributed by atoms with Crippen molar-refractivity contribution in [2.24, 2.45) is 4.99 Å². The minimum atomic E-state index is 0.452. The van der Waals surface area contributed by atoms with Gasteiger partial charge in [-0.3, -0.25) is 9.56 Å². The van der Waals surface area contributed by atoms with Gasteiger partial charge in [0.1, 0.15) is 11.6 Å². The van der Waals surface area contributed by atoms with Gasteiger partial charge in [0, 0.05) is 49.5 Å². The average molecular weight is 369 g/mol. The number of hydrogen-bond donors (Lipinski definition) is 2. The van der Waals surface area contributed by atoms with E-state index in [0.29, 0.717) is 12.5 Å². The van der Waals surface area contributed by atoms with Crippen LogP contribution < -0.4 is 10.6 Å². The van der Waals surface area contributed by atoms with E-state index in [0.717, 1.165) is 29.7 Å². The molecule has 6 nitrogen and oxygen atoms in total. The minimum Gasteiger partial charge on any atom is -0.356 e. The van der Waals surface area contributed by atoms with Gasteiger partial charge in [0.2, 0.25) is 0 Å². The van der Waals surface area contributed by atoms with Crippen LogP contribution in [0.5, 0.6) is 0 Å². The first kappa shape index (κ1) is 18.1. The quantitative estimate of drug-likeness (QED) is 0.518. The van der Waals surface area contributed by atoms with Crippen LogP contribution in [-0.2, 0) is 6.54 Å². The molecule has 0 amide bonds. The number of aliphatic imine (C=N–C) groups is 1. The Kier molecular flexibility index (Phi) is 6.01. The number of aryl methyl sites for hydroxylation is 1. The zero-order valence-electron chi connectivity index (χ0n) is 15.3. The summed E-state index contributed by atoms with van der Waals surface area (Å²) in [5, 5.41) is 8.83. The average Bonchev–Trinajstić information content (AvgIpc) is 3.34. The molecular weight excluding hydrogens is 344 g/mol. The van der Waals surface area contributed by atoms with Gasteiger partial charge >= 0.3 is 0 Å². The molecule has 136 valence electrons. The van der Waals surface area contributed by atoms with Crippen molar-refractivity contribution in [3.8, 4) is 5.82 Å². The van der Waals surface area contributed by atoms with Crippen LogP contribution in [0.4, 0.5) is 0 Å². The van der Waals surface area contributed by atoms with Crippen molar-refractivity contribution in [1.82, 2.24) is 25.2 Å². The van der Waals surface area contributed by atoms with Crippen LogP contribution in [0.3, 0.4) is 0 Å². The molecule has 0 bridgehead atoms. The Morgan fingerprint density at radius 2 is 2.15 bits per heavy atom. The van der Waals surface area contributed by atoms with Gasteiger partial charge in [-0.1, -0.05) is 19.1 Å². The predicted octanol–water partition coefficient (Wildman–Crippen LogP) is 3.11. The van der Waals surface area contributed by atoms with Crippen LogP contribution in [0, 0.1) is 6.92 Å². The van der Waals surface area contributed by atoms with E-state index in [1.165, 1.54) is 4.88 Å². The summed E-state index contributed by atoms with van der Waals surface area (Å²) in [5.41, 5.74) is 1.10. The second-order valence-corrected chi connectivity index (χ2v) is 7.07. The fourth-order valence-electron chi connectivity index (χ4n) is 2.61. The topological polar surface area (TPSA) is 67.1 Å². The number of hydrogen-bond acceptors (Lipinski definition) is 4. The number of nitrogens with zero attached hydrogens (tertiary/aromatic N) is 4.